The van der Waals surface area contributed by atoms with Crippen molar-refractivity contribution in [2.24, 2.45) is 5.10 Å². The molecule has 5 aromatic rings. The van der Waals surface area contributed by atoms with Crippen molar-refractivity contribution in [1.82, 2.24) is 15.4 Å². The predicted octanol–water partition coefficient (Wildman–Crippen LogP) is 6.16. The smallest absolute Gasteiger partial charge is 0.271 e. The van der Waals surface area contributed by atoms with Crippen LogP contribution in [0, 0.1) is 0 Å². The van der Waals surface area contributed by atoms with E-state index in [-0.39, 0.29) is 5.91 Å². The maximum atomic E-state index is 12.5. The van der Waals surface area contributed by atoms with E-state index >= 15 is 0 Å². The third-order valence-corrected chi connectivity index (χ3v) is 6.40. The molecule has 0 unspecified atom stereocenters. The van der Waals surface area contributed by atoms with Crippen molar-refractivity contribution >= 4 is 45.2 Å². The van der Waals surface area contributed by atoms with E-state index in [0.29, 0.717) is 5.56 Å². The third kappa shape index (κ3) is 4.81. The van der Waals surface area contributed by atoms with Gasteiger partial charge in [-0.15, -0.1) is 0 Å². The Morgan fingerprint density at radius 1 is 0.909 bits per heavy atom. The van der Waals surface area contributed by atoms with Gasteiger partial charge in [-0.2, -0.15) is 5.10 Å². The average molecular weight is 451 g/mol. The Bertz CT molecular complexity index is 1440. The molecule has 0 atom stereocenters. The third-order valence-electron chi connectivity index (χ3n) is 5.45. The Morgan fingerprint density at radius 2 is 1.64 bits per heavy atom. The van der Waals surface area contributed by atoms with Crippen molar-refractivity contribution in [2.45, 2.75) is 17.8 Å². The molecule has 0 aliphatic rings. The largest absolute Gasteiger partial charge is 0.333 e. The highest BCUT2D eigenvalue weighted by molar-refractivity contribution is 7.98. The maximum Gasteiger partial charge on any atom is 0.271 e. The zero-order valence-corrected chi connectivity index (χ0v) is 18.9. The van der Waals surface area contributed by atoms with Gasteiger partial charge >= 0.3 is 0 Å². The molecule has 0 spiro atoms. The Hall–Kier alpha value is -3.90. The summed E-state index contributed by atoms with van der Waals surface area (Å²) in [6.45, 7) is 1.89. The van der Waals surface area contributed by atoms with Crippen molar-refractivity contribution < 1.29 is 4.79 Å². The van der Waals surface area contributed by atoms with Crippen LogP contribution in [0.1, 0.15) is 28.4 Å². The molecule has 6 heteroatoms. The number of H-pyrrole nitrogens is 1. The second-order valence-electron chi connectivity index (χ2n) is 7.74. The quantitative estimate of drug-likeness (QED) is 0.185. The van der Waals surface area contributed by atoms with Gasteiger partial charge in [0, 0.05) is 11.3 Å². The molecule has 0 bridgehead atoms. The van der Waals surface area contributed by atoms with Gasteiger partial charge in [-0.1, -0.05) is 72.4 Å². The number of nitrogens with zero attached hydrogens (tertiary/aromatic N) is 2. The van der Waals surface area contributed by atoms with Crippen LogP contribution in [0.5, 0.6) is 0 Å². The summed E-state index contributed by atoms with van der Waals surface area (Å²) in [4.78, 5) is 20.4. The Balaban J connectivity index is 1.20. The summed E-state index contributed by atoms with van der Waals surface area (Å²) >= 11 is 1.64. The van der Waals surface area contributed by atoms with Crippen molar-refractivity contribution in [1.29, 1.82) is 0 Å². The molecule has 5 nitrogen and oxygen atoms in total. The number of hydrazone groups is 1. The summed E-state index contributed by atoms with van der Waals surface area (Å²) in [5.74, 6) is 0.535. The highest BCUT2D eigenvalue weighted by atomic mass is 32.2. The number of rotatable bonds is 6. The number of aromatic nitrogens is 2. The molecule has 0 fully saturated rings. The molecule has 0 aliphatic carbocycles. The van der Waals surface area contributed by atoms with Crippen LogP contribution in [0.15, 0.2) is 101 Å². The molecule has 0 saturated carbocycles. The van der Waals surface area contributed by atoms with Gasteiger partial charge in [0.15, 0.2) is 5.16 Å². The number of hydrogen-bond donors (Lipinski definition) is 2. The fourth-order valence-corrected chi connectivity index (χ4v) is 4.42. The second-order valence-corrected chi connectivity index (χ2v) is 8.71. The van der Waals surface area contributed by atoms with Crippen LogP contribution in [-0.4, -0.2) is 21.6 Å². The first-order valence-corrected chi connectivity index (χ1v) is 11.6. The van der Waals surface area contributed by atoms with Gasteiger partial charge in [-0.05, 0) is 59.2 Å². The summed E-state index contributed by atoms with van der Waals surface area (Å²) < 4.78 is 0. The summed E-state index contributed by atoms with van der Waals surface area (Å²) in [6.07, 6.45) is 0. The van der Waals surface area contributed by atoms with Gasteiger partial charge in [0.2, 0.25) is 0 Å². The van der Waals surface area contributed by atoms with Gasteiger partial charge in [0.05, 0.1) is 16.7 Å². The van der Waals surface area contributed by atoms with E-state index < -0.39 is 0 Å². The number of carbonyl (C=O) groups is 1. The van der Waals surface area contributed by atoms with Crippen molar-refractivity contribution in [2.75, 3.05) is 0 Å². The molecule has 1 aromatic heterocycles. The van der Waals surface area contributed by atoms with Gasteiger partial charge < -0.3 is 4.98 Å². The van der Waals surface area contributed by atoms with E-state index in [1.54, 1.807) is 11.8 Å². The van der Waals surface area contributed by atoms with E-state index in [0.717, 1.165) is 44.2 Å². The molecular formula is C27H22N4OS. The number of hydrogen-bond acceptors (Lipinski definition) is 4. The summed E-state index contributed by atoms with van der Waals surface area (Å²) in [5, 5.41) is 7.51. The van der Waals surface area contributed by atoms with Crippen molar-refractivity contribution in [3.05, 3.63) is 108 Å². The van der Waals surface area contributed by atoms with Crippen LogP contribution < -0.4 is 5.43 Å². The highest BCUT2D eigenvalue weighted by Gasteiger charge is 2.07. The second kappa shape index (κ2) is 9.30. The van der Waals surface area contributed by atoms with Crippen LogP contribution in [0.2, 0.25) is 0 Å². The van der Waals surface area contributed by atoms with Crippen LogP contribution in [0.3, 0.4) is 0 Å². The van der Waals surface area contributed by atoms with Crippen LogP contribution >= 0.6 is 11.8 Å². The molecule has 33 heavy (non-hydrogen) atoms. The number of aromatic amines is 1. The SMILES string of the molecule is CC(=NNC(=O)c1ccc(CSc2nc3ccccc3[nH]2)cc1)c1ccc2ccccc2c1. The molecule has 5 rings (SSSR count). The molecule has 0 radical (unpaired) electrons. The van der Waals surface area contributed by atoms with E-state index in [1.807, 2.05) is 73.7 Å². The lowest BCUT2D eigenvalue weighted by molar-refractivity contribution is 0.0955. The summed E-state index contributed by atoms with van der Waals surface area (Å²) in [5.41, 5.74) is 8.09. The van der Waals surface area contributed by atoms with Crippen molar-refractivity contribution in [3.63, 3.8) is 0 Å². The maximum absolute atomic E-state index is 12.5. The lowest BCUT2D eigenvalue weighted by Crippen LogP contribution is -2.19. The van der Waals surface area contributed by atoms with Gasteiger partial charge in [0.25, 0.3) is 5.91 Å². The predicted molar refractivity (Wildman–Crippen MR) is 136 cm³/mol. The standard InChI is InChI=1S/C27H22N4OS/c1-18(22-15-14-20-6-2-3-7-23(20)16-22)30-31-26(32)21-12-10-19(11-13-21)17-33-27-28-24-8-4-5-9-25(24)29-27/h2-16H,17H2,1H3,(H,28,29)(H,31,32). The minimum Gasteiger partial charge on any atom is -0.333 e. The molecule has 0 aliphatic heterocycles. The molecule has 2 N–H and O–H groups in total. The number of imidazole rings is 1. The van der Waals surface area contributed by atoms with E-state index in [1.165, 1.54) is 5.39 Å². The summed E-state index contributed by atoms with van der Waals surface area (Å²) in [6, 6.07) is 29.9. The Kier molecular flexibility index (Phi) is 5.91. The first-order valence-electron chi connectivity index (χ1n) is 10.7. The van der Waals surface area contributed by atoms with Crippen molar-refractivity contribution in [3.8, 4) is 0 Å². The minimum absolute atomic E-state index is 0.230. The molecule has 1 amide bonds. The molecule has 0 saturated heterocycles. The average Bonchev–Trinajstić information content (AvgIpc) is 3.29. The topological polar surface area (TPSA) is 70.1 Å². The van der Waals surface area contributed by atoms with E-state index in [2.05, 4.69) is 44.8 Å². The summed E-state index contributed by atoms with van der Waals surface area (Å²) in [7, 11) is 0. The number of thioether (sulfide) groups is 1. The highest BCUT2D eigenvalue weighted by Crippen LogP contribution is 2.23. The van der Waals surface area contributed by atoms with E-state index in [9.17, 15) is 4.79 Å². The lowest BCUT2D eigenvalue weighted by Gasteiger charge is -2.06. The van der Waals surface area contributed by atoms with Gasteiger partial charge in [-0.25, -0.2) is 10.4 Å². The fourth-order valence-electron chi connectivity index (χ4n) is 3.58. The number of nitrogens with one attached hydrogen (secondary N) is 2. The lowest BCUT2D eigenvalue weighted by atomic mass is 10.0. The molecular weight excluding hydrogens is 428 g/mol. The molecule has 162 valence electrons. The Morgan fingerprint density at radius 3 is 2.45 bits per heavy atom. The minimum atomic E-state index is -0.230. The molecule has 4 aromatic carbocycles. The fraction of sp³-hybridized carbons (Fsp3) is 0.0741. The number of amides is 1. The van der Waals surface area contributed by atoms with Gasteiger partial charge in [-0.3, -0.25) is 4.79 Å². The molecule has 1 heterocycles. The van der Waals surface area contributed by atoms with Crippen LogP contribution in [0.4, 0.5) is 0 Å². The monoisotopic (exact) mass is 450 g/mol. The van der Waals surface area contributed by atoms with Crippen LogP contribution in [-0.2, 0) is 5.75 Å². The first-order chi connectivity index (χ1) is 16.2. The van der Waals surface area contributed by atoms with Crippen LogP contribution in [0.25, 0.3) is 21.8 Å². The normalized spacial score (nSPS) is 11.7. The van der Waals surface area contributed by atoms with Gasteiger partial charge in [0.1, 0.15) is 0 Å². The zero-order valence-electron chi connectivity index (χ0n) is 18.1. The zero-order chi connectivity index (χ0) is 22.6. The number of fused-ring (bicyclic) bond motifs is 2. The first kappa shape index (κ1) is 21.0. The number of para-hydroxylation sites is 2. The number of carbonyl (C=O) groups excluding carboxylic acids is 1. The van der Waals surface area contributed by atoms with E-state index in [4.69, 9.17) is 0 Å². The Labute approximate surface area is 195 Å². The number of benzene rings is 4.